The maximum absolute atomic E-state index is 12.9. The fourth-order valence-electron chi connectivity index (χ4n) is 3.12. The maximum atomic E-state index is 12.9. The Kier molecular flexibility index (Phi) is 5.23. The first-order valence-corrected chi connectivity index (χ1v) is 11.9. The number of nitrogens with zero attached hydrogens (tertiary/aromatic N) is 2. The minimum Gasteiger partial charge on any atom is -0.393 e. The summed E-state index contributed by atoms with van der Waals surface area (Å²) < 4.78 is 28.4. The highest BCUT2D eigenvalue weighted by Gasteiger charge is 2.30. The number of nitrogens with one attached hydrogen (secondary N) is 1. The van der Waals surface area contributed by atoms with Gasteiger partial charge < -0.3 is 10.4 Å². The molecule has 0 spiro atoms. The third-order valence-corrected chi connectivity index (χ3v) is 8.85. The van der Waals surface area contributed by atoms with Crippen LogP contribution in [0.5, 0.6) is 0 Å². The van der Waals surface area contributed by atoms with E-state index in [0.29, 0.717) is 35.3 Å². The standard InChI is InChI=1S/C18H19N3O4S3/c1-11(22)19-18-20-15-3-2-12(8-16(15)27-18)13-9-17(26-10-13)28(24,25)21-6-4-14(23)5-7-21/h2-3,8-10,14,23H,4-7H2,1H3,(H,19,20,22). The normalized spacial score (nSPS) is 16.5. The number of thiophene rings is 1. The number of piperidine rings is 1. The van der Waals surface area contributed by atoms with E-state index in [2.05, 4.69) is 10.3 Å². The van der Waals surface area contributed by atoms with Crippen molar-refractivity contribution in [2.45, 2.75) is 30.1 Å². The van der Waals surface area contributed by atoms with E-state index < -0.39 is 16.1 Å². The molecular formula is C18H19N3O4S3. The summed E-state index contributed by atoms with van der Waals surface area (Å²) >= 11 is 2.58. The van der Waals surface area contributed by atoms with E-state index in [1.807, 2.05) is 23.6 Å². The number of aliphatic hydroxyl groups is 1. The Morgan fingerprint density at radius 1 is 1.25 bits per heavy atom. The van der Waals surface area contributed by atoms with Crippen LogP contribution in [-0.4, -0.2) is 47.9 Å². The van der Waals surface area contributed by atoms with Gasteiger partial charge in [-0.1, -0.05) is 17.4 Å². The van der Waals surface area contributed by atoms with Crippen molar-refractivity contribution in [2.75, 3.05) is 18.4 Å². The molecule has 0 unspecified atom stereocenters. The summed E-state index contributed by atoms with van der Waals surface area (Å²) in [5, 5.41) is 14.7. The molecule has 4 rings (SSSR count). The predicted octanol–water partition coefficient (Wildman–Crippen LogP) is 3.13. The number of hydrogen-bond acceptors (Lipinski definition) is 7. The van der Waals surface area contributed by atoms with Gasteiger partial charge in [-0.05, 0) is 47.5 Å². The highest BCUT2D eigenvalue weighted by molar-refractivity contribution is 7.91. The average molecular weight is 438 g/mol. The molecule has 7 nitrogen and oxygen atoms in total. The van der Waals surface area contributed by atoms with Crippen LogP contribution in [0.25, 0.3) is 21.3 Å². The van der Waals surface area contributed by atoms with Crippen LogP contribution in [0.3, 0.4) is 0 Å². The van der Waals surface area contributed by atoms with Crippen LogP contribution in [0.2, 0.25) is 0 Å². The van der Waals surface area contributed by atoms with E-state index in [4.69, 9.17) is 0 Å². The van der Waals surface area contributed by atoms with Crippen molar-refractivity contribution in [1.29, 1.82) is 0 Å². The van der Waals surface area contributed by atoms with Crippen molar-refractivity contribution in [3.63, 3.8) is 0 Å². The number of aromatic nitrogens is 1. The molecule has 1 saturated heterocycles. The number of amides is 1. The van der Waals surface area contributed by atoms with Crippen molar-refractivity contribution < 1.29 is 18.3 Å². The lowest BCUT2D eigenvalue weighted by Gasteiger charge is -2.28. The van der Waals surface area contributed by atoms with Crippen molar-refractivity contribution in [3.05, 3.63) is 29.6 Å². The Morgan fingerprint density at radius 2 is 2.00 bits per heavy atom. The van der Waals surface area contributed by atoms with E-state index in [9.17, 15) is 18.3 Å². The number of fused-ring (bicyclic) bond motifs is 1. The zero-order chi connectivity index (χ0) is 19.9. The number of aliphatic hydroxyl groups excluding tert-OH is 1. The van der Waals surface area contributed by atoms with Gasteiger partial charge in [0.05, 0.1) is 16.3 Å². The number of benzene rings is 1. The zero-order valence-electron chi connectivity index (χ0n) is 15.1. The first kappa shape index (κ1) is 19.5. The van der Waals surface area contributed by atoms with E-state index in [0.717, 1.165) is 21.3 Å². The average Bonchev–Trinajstić information content (AvgIpc) is 3.27. The van der Waals surface area contributed by atoms with Gasteiger partial charge in [0.2, 0.25) is 5.91 Å². The summed E-state index contributed by atoms with van der Waals surface area (Å²) in [5.74, 6) is -0.169. The van der Waals surface area contributed by atoms with Crippen LogP contribution < -0.4 is 5.32 Å². The van der Waals surface area contributed by atoms with Crippen LogP contribution in [-0.2, 0) is 14.8 Å². The molecule has 28 heavy (non-hydrogen) atoms. The van der Waals surface area contributed by atoms with E-state index in [-0.39, 0.29) is 5.91 Å². The summed E-state index contributed by atoms with van der Waals surface area (Å²) in [6.07, 6.45) is 0.519. The summed E-state index contributed by atoms with van der Waals surface area (Å²) in [4.78, 5) is 15.6. The molecule has 10 heteroatoms. The molecular weight excluding hydrogens is 418 g/mol. The molecule has 1 aromatic carbocycles. The number of hydrogen-bond donors (Lipinski definition) is 2. The van der Waals surface area contributed by atoms with E-state index in [1.165, 1.54) is 33.9 Å². The lowest BCUT2D eigenvalue weighted by molar-refractivity contribution is -0.114. The molecule has 1 fully saturated rings. The predicted molar refractivity (Wildman–Crippen MR) is 111 cm³/mol. The molecule has 0 saturated carbocycles. The van der Waals surface area contributed by atoms with Crippen LogP contribution in [0.4, 0.5) is 5.13 Å². The Bertz CT molecular complexity index is 1130. The van der Waals surface area contributed by atoms with Gasteiger partial charge in [-0.15, -0.1) is 11.3 Å². The molecule has 0 atom stereocenters. The highest BCUT2D eigenvalue weighted by Crippen LogP contribution is 2.34. The van der Waals surface area contributed by atoms with Gasteiger partial charge in [0.15, 0.2) is 5.13 Å². The van der Waals surface area contributed by atoms with Crippen molar-refractivity contribution in [3.8, 4) is 11.1 Å². The summed E-state index contributed by atoms with van der Waals surface area (Å²) in [5.41, 5.74) is 2.52. The van der Waals surface area contributed by atoms with Gasteiger partial charge in [0.25, 0.3) is 10.0 Å². The van der Waals surface area contributed by atoms with Gasteiger partial charge >= 0.3 is 0 Å². The molecule has 0 radical (unpaired) electrons. The third-order valence-electron chi connectivity index (χ3n) is 4.60. The molecule has 3 aromatic rings. The Hall–Kier alpha value is -1.85. The smallest absolute Gasteiger partial charge is 0.252 e. The SMILES string of the molecule is CC(=O)Nc1nc2ccc(-c3csc(S(=O)(=O)N4CCC(O)CC4)c3)cc2s1. The first-order chi connectivity index (χ1) is 13.3. The zero-order valence-corrected chi connectivity index (χ0v) is 17.5. The van der Waals surface area contributed by atoms with Gasteiger partial charge in [0, 0.05) is 20.0 Å². The Balaban J connectivity index is 1.60. The molecule has 3 heterocycles. The molecule has 0 aliphatic carbocycles. The molecule has 2 aromatic heterocycles. The van der Waals surface area contributed by atoms with Crippen LogP contribution in [0.1, 0.15) is 19.8 Å². The molecule has 0 bridgehead atoms. The monoisotopic (exact) mass is 437 g/mol. The minimum atomic E-state index is -3.54. The summed E-state index contributed by atoms with van der Waals surface area (Å²) in [6, 6.07) is 7.41. The topological polar surface area (TPSA) is 99.6 Å². The van der Waals surface area contributed by atoms with Crippen LogP contribution >= 0.6 is 22.7 Å². The second kappa shape index (κ2) is 7.53. The molecule has 148 valence electrons. The molecule has 1 aliphatic rings. The first-order valence-electron chi connectivity index (χ1n) is 8.78. The second-order valence-electron chi connectivity index (χ2n) is 6.67. The number of rotatable bonds is 4. The molecule has 1 aliphatic heterocycles. The highest BCUT2D eigenvalue weighted by atomic mass is 32.2. The lowest BCUT2D eigenvalue weighted by Crippen LogP contribution is -2.39. The Morgan fingerprint density at radius 3 is 2.71 bits per heavy atom. The minimum absolute atomic E-state index is 0.169. The lowest BCUT2D eigenvalue weighted by atomic mass is 10.1. The van der Waals surface area contributed by atoms with E-state index in [1.54, 1.807) is 6.07 Å². The largest absolute Gasteiger partial charge is 0.393 e. The number of sulfonamides is 1. The fourth-order valence-corrected chi connectivity index (χ4v) is 6.88. The molecule has 2 N–H and O–H groups in total. The number of carbonyl (C=O) groups excluding carboxylic acids is 1. The number of anilines is 1. The fraction of sp³-hybridized carbons (Fsp3) is 0.333. The van der Waals surface area contributed by atoms with E-state index >= 15 is 0 Å². The van der Waals surface area contributed by atoms with Crippen LogP contribution in [0.15, 0.2) is 33.9 Å². The van der Waals surface area contributed by atoms with Gasteiger partial charge in [-0.3, -0.25) is 4.79 Å². The van der Waals surface area contributed by atoms with Crippen LogP contribution in [0, 0.1) is 0 Å². The number of carbonyl (C=O) groups is 1. The number of thiazole rings is 1. The Labute approximate surface area is 170 Å². The molecule has 1 amide bonds. The van der Waals surface area contributed by atoms with Gasteiger partial charge in [-0.2, -0.15) is 4.31 Å². The quantitative estimate of drug-likeness (QED) is 0.653. The summed E-state index contributed by atoms with van der Waals surface area (Å²) in [7, 11) is -3.54. The van der Waals surface area contributed by atoms with Crippen molar-refractivity contribution in [1.82, 2.24) is 9.29 Å². The van der Waals surface area contributed by atoms with Gasteiger partial charge in [-0.25, -0.2) is 13.4 Å². The maximum Gasteiger partial charge on any atom is 0.252 e. The van der Waals surface area contributed by atoms with Crippen molar-refractivity contribution in [2.24, 2.45) is 0 Å². The third kappa shape index (κ3) is 3.83. The second-order valence-corrected chi connectivity index (χ2v) is 10.8. The van der Waals surface area contributed by atoms with Gasteiger partial charge in [0.1, 0.15) is 4.21 Å². The summed E-state index contributed by atoms with van der Waals surface area (Å²) in [6.45, 7) is 2.12. The van der Waals surface area contributed by atoms with Crippen molar-refractivity contribution >= 4 is 54.0 Å².